The van der Waals surface area contributed by atoms with Crippen LogP contribution in [0.25, 0.3) is 28.1 Å². The molecule has 0 saturated heterocycles. The van der Waals surface area contributed by atoms with Crippen LogP contribution in [0.15, 0.2) is 42.6 Å². The molecule has 1 aliphatic heterocycles. The van der Waals surface area contributed by atoms with Gasteiger partial charge in [0, 0.05) is 19.1 Å². The van der Waals surface area contributed by atoms with Crippen LogP contribution in [0.2, 0.25) is 5.02 Å². The van der Waals surface area contributed by atoms with Crippen molar-refractivity contribution in [1.29, 1.82) is 0 Å². The topological polar surface area (TPSA) is 66.1 Å². The molecule has 1 aliphatic carbocycles. The van der Waals surface area contributed by atoms with Crippen molar-refractivity contribution < 1.29 is 4.74 Å². The first-order chi connectivity index (χ1) is 17.1. The largest absolute Gasteiger partial charge is 0.496 e. The fourth-order valence-corrected chi connectivity index (χ4v) is 5.35. The number of nitrogens with one attached hydrogen (secondary N) is 2. The Labute approximate surface area is 212 Å². The van der Waals surface area contributed by atoms with Gasteiger partial charge < -0.3 is 15.0 Å². The summed E-state index contributed by atoms with van der Waals surface area (Å²) in [4.78, 5) is 15.3. The number of fused-ring (bicyclic) bond motifs is 1. The molecule has 0 saturated carbocycles. The number of hydrogen-bond acceptors (Lipinski definition) is 5. The first-order valence-electron chi connectivity index (χ1n) is 12.6. The van der Waals surface area contributed by atoms with Gasteiger partial charge in [-0.1, -0.05) is 49.7 Å². The van der Waals surface area contributed by atoms with Gasteiger partial charge in [-0.15, -0.1) is 0 Å². The lowest BCUT2D eigenvalue weighted by Gasteiger charge is -2.27. The van der Waals surface area contributed by atoms with Crippen LogP contribution < -0.4 is 10.1 Å². The molecule has 7 heteroatoms. The summed E-state index contributed by atoms with van der Waals surface area (Å²) in [5.41, 5.74) is 5.83. The zero-order valence-electron chi connectivity index (χ0n) is 20.8. The van der Waals surface area contributed by atoms with E-state index in [1.54, 1.807) is 13.3 Å². The highest BCUT2D eigenvalue weighted by atomic mass is 35.5. The van der Waals surface area contributed by atoms with E-state index in [0.717, 1.165) is 67.2 Å². The number of methoxy groups -OCH3 is 1. The molecule has 5 rings (SSSR count). The summed E-state index contributed by atoms with van der Waals surface area (Å²) in [6, 6.07) is 6.70. The molecule has 1 aromatic carbocycles. The number of ether oxygens (including phenoxy) is 1. The SMILES string of the molecule is CCCN1CC=C(c2ccc(-c3nc4ncc(Cl)c(N[C@H]5CCC=C[C@H]5C)c4[nH]3)c(OC)c2)CC1. The fraction of sp³-hybridized carbons (Fsp3) is 0.429. The summed E-state index contributed by atoms with van der Waals surface area (Å²) in [5.74, 6) is 1.95. The molecule has 2 atom stereocenters. The second-order valence-electron chi connectivity index (χ2n) is 9.58. The van der Waals surface area contributed by atoms with Crippen molar-refractivity contribution in [3.8, 4) is 17.1 Å². The normalized spacial score (nSPS) is 20.7. The maximum atomic E-state index is 6.60. The summed E-state index contributed by atoms with van der Waals surface area (Å²) in [6.45, 7) is 7.73. The van der Waals surface area contributed by atoms with E-state index < -0.39 is 0 Å². The third-order valence-electron chi connectivity index (χ3n) is 7.18. The van der Waals surface area contributed by atoms with Crippen molar-refractivity contribution in [2.24, 2.45) is 5.92 Å². The van der Waals surface area contributed by atoms with E-state index in [4.69, 9.17) is 21.3 Å². The Balaban J connectivity index is 1.46. The van der Waals surface area contributed by atoms with E-state index in [2.05, 4.69) is 70.5 Å². The van der Waals surface area contributed by atoms with E-state index in [9.17, 15) is 0 Å². The molecule has 35 heavy (non-hydrogen) atoms. The number of nitrogens with zero attached hydrogens (tertiary/aromatic N) is 3. The van der Waals surface area contributed by atoms with Gasteiger partial charge in [0.1, 0.15) is 17.1 Å². The van der Waals surface area contributed by atoms with Crippen molar-refractivity contribution in [2.75, 3.05) is 32.1 Å². The second kappa shape index (κ2) is 10.4. The van der Waals surface area contributed by atoms with Crippen LogP contribution in [0.3, 0.4) is 0 Å². The summed E-state index contributed by atoms with van der Waals surface area (Å²) in [6.07, 6.45) is 12.9. The molecular weight excluding hydrogens is 458 g/mol. The number of halogens is 1. The highest BCUT2D eigenvalue weighted by Crippen LogP contribution is 2.37. The monoisotopic (exact) mass is 491 g/mol. The standard InChI is InChI=1S/C28H34ClN5O/c1-4-13-34-14-11-19(12-15-34)20-9-10-21(24(16-20)35-3)27-32-26-25(22(29)17-30-28(26)33-27)31-23-8-6-5-7-18(23)2/h5,7,9-11,16-18,23H,4,6,8,12-15H2,1-3H3,(H2,30,31,32,33)/t18-,23+/m1/s1. The number of H-pyrrole nitrogens is 1. The van der Waals surface area contributed by atoms with Gasteiger partial charge in [0.05, 0.1) is 29.6 Å². The zero-order valence-corrected chi connectivity index (χ0v) is 21.5. The van der Waals surface area contributed by atoms with Crippen LogP contribution in [-0.2, 0) is 0 Å². The minimum atomic E-state index is 0.320. The van der Waals surface area contributed by atoms with Gasteiger partial charge in [0.25, 0.3) is 0 Å². The maximum absolute atomic E-state index is 6.60. The molecule has 0 fully saturated rings. The summed E-state index contributed by atoms with van der Waals surface area (Å²) in [7, 11) is 1.71. The highest BCUT2D eigenvalue weighted by Gasteiger charge is 2.22. The number of benzene rings is 1. The number of rotatable bonds is 7. The van der Waals surface area contributed by atoms with Gasteiger partial charge in [-0.05, 0) is 61.4 Å². The number of pyridine rings is 1. The second-order valence-corrected chi connectivity index (χ2v) is 9.98. The van der Waals surface area contributed by atoms with Crippen LogP contribution in [-0.4, -0.2) is 52.6 Å². The maximum Gasteiger partial charge on any atom is 0.180 e. The Hall–Kier alpha value is -2.83. The number of aromatic amines is 1. The minimum absolute atomic E-state index is 0.320. The van der Waals surface area contributed by atoms with E-state index >= 15 is 0 Å². The summed E-state index contributed by atoms with van der Waals surface area (Å²) in [5, 5.41) is 4.26. The first kappa shape index (κ1) is 23.9. The quantitative estimate of drug-likeness (QED) is 0.367. The van der Waals surface area contributed by atoms with Gasteiger partial charge in [-0.3, -0.25) is 4.90 Å². The lowest BCUT2D eigenvalue weighted by Crippen LogP contribution is -2.29. The van der Waals surface area contributed by atoms with Crippen molar-refractivity contribution in [3.05, 3.63) is 53.2 Å². The van der Waals surface area contributed by atoms with Gasteiger partial charge >= 0.3 is 0 Å². The Kier molecular flexibility index (Phi) is 7.12. The number of imidazole rings is 1. The van der Waals surface area contributed by atoms with Crippen molar-refractivity contribution in [1.82, 2.24) is 19.9 Å². The van der Waals surface area contributed by atoms with Gasteiger partial charge in [0.2, 0.25) is 0 Å². The number of hydrogen-bond donors (Lipinski definition) is 2. The predicted molar refractivity (Wildman–Crippen MR) is 145 cm³/mol. The van der Waals surface area contributed by atoms with Crippen molar-refractivity contribution in [2.45, 2.75) is 45.6 Å². The molecule has 2 aliphatic rings. The van der Waals surface area contributed by atoms with E-state index in [0.29, 0.717) is 22.6 Å². The molecule has 0 unspecified atom stereocenters. The van der Waals surface area contributed by atoms with E-state index in [1.807, 2.05) is 0 Å². The fourth-order valence-electron chi connectivity index (χ4n) is 5.15. The molecule has 3 heterocycles. The Morgan fingerprint density at radius 2 is 2.20 bits per heavy atom. The molecule has 3 aromatic rings. The molecule has 184 valence electrons. The molecule has 2 N–H and O–H groups in total. The van der Waals surface area contributed by atoms with Gasteiger partial charge in [0.15, 0.2) is 5.65 Å². The third kappa shape index (κ3) is 4.95. The van der Waals surface area contributed by atoms with Gasteiger partial charge in [-0.25, -0.2) is 9.97 Å². The predicted octanol–water partition coefficient (Wildman–Crippen LogP) is 6.55. The Morgan fingerprint density at radius 1 is 1.31 bits per heavy atom. The van der Waals surface area contributed by atoms with Crippen molar-refractivity contribution in [3.63, 3.8) is 0 Å². The van der Waals surface area contributed by atoms with Crippen LogP contribution in [0.4, 0.5) is 5.69 Å². The van der Waals surface area contributed by atoms with E-state index in [-0.39, 0.29) is 0 Å². The lowest BCUT2D eigenvalue weighted by atomic mass is 9.91. The van der Waals surface area contributed by atoms with Crippen LogP contribution in [0.1, 0.15) is 45.1 Å². The molecule has 0 spiro atoms. The molecule has 6 nitrogen and oxygen atoms in total. The molecular formula is C28H34ClN5O. The first-order valence-corrected chi connectivity index (χ1v) is 13.0. The van der Waals surface area contributed by atoms with Crippen molar-refractivity contribution >= 4 is 34.0 Å². The lowest BCUT2D eigenvalue weighted by molar-refractivity contribution is 0.302. The van der Waals surface area contributed by atoms with Crippen LogP contribution in [0, 0.1) is 5.92 Å². The Morgan fingerprint density at radius 3 is 2.94 bits per heavy atom. The van der Waals surface area contributed by atoms with E-state index in [1.165, 1.54) is 17.6 Å². The van der Waals surface area contributed by atoms with Gasteiger partial charge in [-0.2, -0.15) is 0 Å². The highest BCUT2D eigenvalue weighted by molar-refractivity contribution is 6.34. The third-order valence-corrected chi connectivity index (χ3v) is 7.47. The minimum Gasteiger partial charge on any atom is -0.496 e. The Bertz CT molecular complexity index is 1260. The smallest absolute Gasteiger partial charge is 0.180 e. The zero-order chi connectivity index (χ0) is 24.4. The summed E-state index contributed by atoms with van der Waals surface area (Å²) < 4.78 is 5.81. The van der Waals surface area contributed by atoms with Crippen LogP contribution in [0.5, 0.6) is 5.75 Å². The average Bonchev–Trinajstić information content (AvgIpc) is 3.31. The van der Waals surface area contributed by atoms with Crippen LogP contribution >= 0.6 is 11.6 Å². The molecule has 2 aromatic heterocycles. The average molecular weight is 492 g/mol. The molecule has 0 radical (unpaired) electrons. The number of anilines is 1. The summed E-state index contributed by atoms with van der Waals surface area (Å²) >= 11 is 6.60. The number of allylic oxidation sites excluding steroid dienone is 1. The molecule has 0 bridgehead atoms. The molecule has 0 amide bonds. The number of aromatic nitrogens is 3.